The summed E-state index contributed by atoms with van der Waals surface area (Å²) in [5, 5.41) is 2.62. The van der Waals surface area contributed by atoms with Crippen LogP contribution in [0.5, 0.6) is 0 Å². The standard InChI is InChI=1S/C11H20N2O2/c1-3-5-9(4-2)13-7-6-10(14)12-8-11(13)15/h9H,3-8H2,1-2H3,(H,12,14). The maximum absolute atomic E-state index is 11.7. The minimum Gasteiger partial charge on any atom is -0.347 e. The van der Waals surface area contributed by atoms with Gasteiger partial charge in [0, 0.05) is 19.0 Å². The molecule has 4 heteroatoms. The molecule has 0 aromatic heterocycles. The fraction of sp³-hybridized carbons (Fsp3) is 0.818. The van der Waals surface area contributed by atoms with Crippen LogP contribution in [0.4, 0.5) is 0 Å². The first-order valence-corrected chi connectivity index (χ1v) is 5.75. The summed E-state index contributed by atoms with van der Waals surface area (Å²) >= 11 is 0. The minimum atomic E-state index is -0.0165. The number of amides is 2. The van der Waals surface area contributed by atoms with Crippen LogP contribution in [0.3, 0.4) is 0 Å². The third kappa shape index (κ3) is 3.22. The molecule has 1 heterocycles. The maximum Gasteiger partial charge on any atom is 0.242 e. The van der Waals surface area contributed by atoms with Gasteiger partial charge in [0.25, 0.3) is 0 Å². The molecule has 86 valence electrons. The molecule has 1 aliphatic rings. The maximum atomic E-state index is 11.7. The van der Waals surface area contributed by atoms with E-state index in [1.54, 1.807) is 0 Å². The van der Waals surface area contributed by atoms with Crippen molar-refractivity contribution in [2.75, 3.05) is 13.1 Å². The monoisotopic (exact) mass is 212 g/mol. The minimum absolute atomic E-state index is 0.0165. The molecule has 0 bridgehead atoms. The Hall–Kier alpha value is -1.06. The second-order valence-corrected chi connectivity index (χ2v) is 3.96. The lowest BCUT2D eigenvalue weighted by Crippen LogP contribution is -2.42. The highest BCUT2D eigenvalue weighted by Crippen LogP contribution is 2.13. The zero-order valence-corrected chi connectivity index (χ0v) is 9.58. The number of hydrogen-bond acceptors (Lipinski definition) is 2. The van der Waals surface area contributed by atoms with Crippen LogP contribution in [0, 0.1) is 0 Å². The smallest absolute Gasteiger partial charge is 0.242 e. The molecule has 2 amide bonds. The number of rotatable bonds is 4. The van der Waals surface area contributed by atoms with Gasteiger partial charge in [0.1, 0.15) is 0 Å². The van der Waals surface area contributed by atoms with E-state index in [2.05, 4.69) is 19.2 Å². The predicted octanol–water partition coefficient (Wildman–Crippen LogP) is 0.914. The summed E-state index contributed by atoms with van der Waals surface area (Å²) in [5.41, 5.74) is 0. The van der Waals surface area contributed by atoms with E-state index in [0.717, 1.165) is 19.3 Å². The van der Waals surface area contributed by atoms with Crippen molar-refractivity contribution in [1.29, 1.82) is 0 Å². The Morgan fingerprint density at radius 2 is 2.13 bits per heavy atom. The average Bonchev–Trinajstić information content (AvgIpc) is 2.39. The molecule has 4 nitrogen and oxygen atoms in total. The summed E-state index contributed by atoms with van der Waals surface area (Å²) in [7, 11) is 0. The predicted molar refractivity (Wildman–Crippen MR) is 58.3 cm³/mol. The molecule has 0 spiro atoms. The highest BCUT2D eigenvalue weighted by molar-refractivity contribution is 5.87. The zero-order chi connectivity index (χ0) is 11.3. The molecule has 0 aromatic rings. The number of nitrogens with zero attached hydrogens (tertiary/aromatic N) is 1. The molecule has 0 radical (unpaired) electrons. The van der Waals surface area contributed by atoms with Gasteiger partial charge in [0.05, 0.1) is 6.54 Å². The average molecular weight is 212 g/mol. The van der Waals surface area contributed by atoms with Crippen LogP contribution in [0.2, 0.25) is 0 Å². The van der Waals surface area contributed by atoms with Crippen molar-refractivity contribution in [3.05, 3.63) is 0 Å². The van der Waals surface area contributed by atoms with Gasteiger partial charge in [-0.1, -0.05) is 20.3 Å². The summed E-state index contributed by atoms with van der Waals surface area (Å²) in [6, 6.07) is 0.301. The number of carbonyl (C=O) groups excluding carboxylic acids is 2. The van der Waals surface area contributed by atoms with E-state index in [9.17, 15) is 9.59 Å². The van der Waals surface area contributed by atoms with Crippen molar-refractivity contribution in [3.8, 4) is 0 Å². The largest absolute Gasteiger partial charge is 0.347 e. The van der Waals surface area contributed by atoms with Crippen LogP contribution in [0.1, 0.15) is 39.5 Å². The van der Waals surface area contributed by atoms with Gasteiger partial charge in [0.2, 0.25) is 11.8 Å². The summed E-state index contributed by atoms with van der Waals surface area (Å²) in [6.07, 6.45) is 3.50. The highest BCUT2D eigenvalue weighted by Gasteiger charge is 2.25. The van der Waals surface area contributed by atoms with Crippen molar-refractivity contribution < 1.29 is 9.59 Å². The van der Waals surface area contributed by atoms with Crippen molar-refractivity contribution in [3.63, 3.8) is 0 Å². The fourth-order valence-electron chi connectivity index (χ4n) is 2.01. The van der Waals surface area contributed by atoms with Crippen LogP contribution in [-0.4, -0.2) is 35.8 Å². The molecule has 1 atom stereocenters. The third-order valence-corrected chi connectivity index (χ3v) is 2.87. The Labute approximate surface area is 91.0 Å². The van der Waals surface area contributed by atoms with Crippen LogP contribution in [0.25, 0.3) is 0 Å². The lowest BCUT2D eigenvalue weighted by Gasteiger charge is -2.29. The topological polar surface area (TPSA) is 49.4 Å². The molecule has 1 unspecified atom stereocenters. The zero-order valence-electron chi connectivity index (χ0n) is 9.58. The second kappa shape index (κ2) is 5.73. The highest BCUT2D eigenvalue weighted by atomic mass is 16.2. The van der Waals surface area contributed by atoms with Crippen LogP contribution < -0.4 is 5.32 Å². The molecule has 1 aliphatic heterocycles. The van der Waals surface area contributed by atoms with Gasteiger partial charge >= 0.3 is 0 Å². The molecule has 1 fully saturated rings. The van der Waals surface area contributed by atoms with Gasteiger partial charge in [-0.05, 0) is 12.8 Å². The van der Waals surface area contributed by atoms with E-state index < -0.39 is 0 Å². The van der Waals surface area contributed by atoms with Gasteiger partial charge in [-0.2, -0.15) is 0 Å². The quantitative estimate of drug-likeness (QED) is 0.753. The lowest BCUT2D eigenvalue weighted by molar-refractivity contribution is -0.132. The lowest BCUT2D eigenvalue weighted by atomic mass is 10.1. The Morgan fingerprint density at radius 3 is 2.73 bits per heavy atom. The number of nitrogens with one attached hydrogen (secondary N) is 1. The summed E-state index contributed by atoms with van der Waals surface area (Å²) in [5.74, 6) is 0.0401. The van der Waals surface area contributed by atoms with Crippen LogP contribution in [0.15, 0.2) is 0 Å². The van der Waals surface area contributed by atoms with E-state index in [1.165, 1.54) is 0 Å². The van der Waals surface area contributed by atoms with Gasteiger partial charge in [-0.15, -0.1) is 0 Å². The Balaban J connectivity index is 2.63. The molecule has 0 aliphatic carbocycles. The van der Waals surface area contributed by atoms with E-state index in [4.69, 9.17) is 0 Å². The Kier molecular flexibility index (Phi) is 4.59. The number of hydrogen-bond donors (Lipinski definition) is 1. The molecule has 0 aromatic carbocycles. The van der Waals surface area contributed by atoms with E-state index >= 15 is 0 Å². The van der Waals surface area contributed by atoms with Gasteiger partial charge in [0.15, 0.2) is 0 Å². The van der Waals surface area contributed by atoms with Crippen LogP contribution in [-0.2, 0) is 9.59 Å². The molecule has 0 saturated carbocycles. The summed E-state index contributed by atoms with van der Waals surface area (Å²) in [4.78, 5) is 24.8. The normalized spacial score (nSPS) is 19.7. The van der Waals surface area contributed by atoms with Gasteiger partial charge < -0.3 is 10.2 Å². The van der Waals surface area contributed by atoms with E-state index in [1.807, 2.05) is 4.90 Å². The molecular formula is C11H20N2O2. The first-order valence-electron chi connectivity index (χ1n) is 5.75. The molecule has 1 N–H and O–H groups in total. The van der Waals surface area contributed by atoms with E-state index in [0.29, 0.717) is 19.0 Å². The summed E-state index contributed by atoms with van der Waals surface area (Å²) < 4.78 is 0. The molecule has 15 heavy (non-hydrogen) atoms. The molecule has 1 saturated heterocycles. The van der Waals surface area contributed by atoms with E-state index in [-0.39, 0.29) is 18.4 Å². The van der Waals surface area contributed by atoms with Gasteiger partial charge in [-0.3, -0.25) is 9.59 Å². The van der Waals surface area contributed by atoms with Crippen molar-refractivity contribution in [2.24, 2.45) is 0 Å². The Morgan fingerprint density at radius 1 is 1.40 bits per heavy atom. The summed E-state index contributed by atoms with van der Waals surface area (Å²) in [6.45, 7) is 4.95. The first-order chi connectivity index (χ1) is 7.19. The third-order valence-electron chi connectivity index (χ3n) is 2.87. The van der Waals surface area contributed by atoms with Gasteiger partial charge in [-0.25, -0.2) is 0 Å². The first kappa shape index (κ1) is 12.0. The van der Waals surface area contributed by atoms with Crippen molar-refractivity contribution >= 4 is 11.8 Å². The molecular weight excluding hydrogens is 192 g/mol. The van der Waals surface area contributed by atoms with Crippen LogP contribution >= 0.6 is 0 Å². The fourth-order valence-corrected chi connectivity index (χ4v) is 2.01. The Bertz CT molecular complexity index is 241. The molecule has 1 rings (SSSR count). The van der Waals surface area contributed by atoms with Crippen molar-refractivity contribution in [1.82, 2.24) is 10.2 Å². The number of carbonyl (C=O) groups is 2. The SMILES string of the molecule is CCCC(CC)N1CCC(=O)NCC1=O. The second-order valence-electron chi connectivity index (χ2n) is 3.96. The van der Waals surface area contributed by atoms with Crippen molar-refractivity contribution in [2.45, 2.75) is 45.6 Å².